The van der Waals surface area contributed by atoms with Crippen LogP contribution in [0.3, 0.4) is 0 Å². The van der Waals surface area contributed by atoms with Gasteiger partial charge in [0.1, 0.15) is 22.5 Å². The molecular formula is C13H2F8O4. The molecule has 0 saturated heterocycles. The smallest absolute Gasteiger partial charge is 0.419 e. The van der Waals surface area contributed by atoms with Gasteiger partial charge in [0.2, 0.25) is 0 Å². The number of carboxylic acids is 2. The fraction of sp³-hybridized carbons (Fsp3) is 0.0769. The van der Waals surface area contributed by atoms with Gasteiger partial charge in [-0.2, -0.15) is 13.2 Å². The molecule has 4 nitrogen and oxygen atoms in total. The minimum absolute atomic E-state index is 2.17. The van der Waals surface area contributed by atoms with Gasteiger partial charge in [-0.05, 0) is 0 Å². The number of aromatic carboxylic acids is 2. The van der Waals surface area contributed by atoms with Crippen LogP contribution in [0.4, 0.5) is 35.1 Å². The Labute approximate surface area is 130 Å². The number of carboxylic acid groups (broad SMARTS) is 2. The maximum atomic E-state index is 14.1. The maximum absolute atomic E-state index is 14.1. The first-order valence-electron chi connectivity index (χ1n) is 5.87. The zero-order valence-electron chi connectivity index (χ0n) is 11.2. The minimum Gasteiger partial charge on any atom is -0.477 e. The van der Waals surface area contributed by atoms with Gasteiger partial charge in [0.05, 0.1) is 5.39 Å². The van der Waals surface area contributed by atoms with E-state index in [1.54, 1.807) is 0 Å². The van der Waals surface area contributed by atoms with Gasteiger partial charge in [0.15, 0.2) is 23.3 Å². The number of hydrogen-bond donors (Lipinski definition) is 2. The van der Waals surface area contributed by atoms with E-state index in [9.17, 15) is 44.7 Å². The fourth-order valence-corrected chi connectivity index (χ4v) is 2.20. The highest BCUT2D eigenvalue weighted by atomic mass is 19.4. The van der Waals surface area contributed by atoms with Crippen molar-refractivity contribution in [1.29, 1.82) is 0 Å². The highest BCUT2D eigenvalue weighted by Gasteiger charge is 2.43. The van der Waals surface area contributed by atoms with Crippen molar-refractivity contribution < 1.29 is 54.9 Å². The van der Waals surface area contributed by atoms with Gasteiger partial charge in [-0.15, -0.1) is 0 Å². The summed E-state index contributed by atoms with van der Waals surface area (Å²) < 4.78 is 108. The Kier molecular flexibility index (Phi) is 4.10. The second-order valence-electron chi connectivity index (χ2n) is 4.55. The van der Waals surface area contributed by atoms with Crippen LogP contribution in [0.15, 0.2) is 0 Å². The Morgan fingerprint density at radius 1 is 0.640 bits per heavy atom. The monoisotopic (exact) mass is 374 g/mol. The number of halogens is 8. The van der Waals surface area contributed by atoms with Crippen molar-refractivity contribution in [2.45, 2.75) is 6.18 Å². The predicted octanol–water partition coefficient (Wildman–Crippen LogP) is 3.95. The van der Waals surface area contributed by atoms with Crippen molar-refractivity contribution in [2.75, 3.05) is 0 Å². The molecule has 0 saturated carbocycles. The largest absolute Gasteiger partial charge is 0.477 e. The molecule has 2 N–H and O–H groups in total. The molecule has 0 amide bonds. The Morgan fingerprint density at radius 3 is 1.44 bits per heavy atom. The standard InChI is InChI=1S/C13H2F8O4/c14-6-1-2(9(17)10(18)4(6)12(24)25)7(15)3(11(22)23)8(16)5(1)13(19,20)21/h(H,22,23)(H,24,25). The van der Waals surface area contributed by atoms with Gasteiger partial charge < -0.3 is 10.2 Å². The Hall–Kier alpha value is -2.92. The SMILES string of the molecule is O=C(O)c1c(F)c(C(F)(F)F)c2c(F)c(C(=O)O)c(F)c(F)c2c1F. The zero-order chi connectivity index (χ0) is 19.4. The summed E-state index contributed by atoms with van der Waals surface area (Å²) in [7, 11) is 0. The van der Waals surface area contributed by atoms with Gasteiger partial charge in [-0.3, -0.25) is 0 Å². The maximum Gasteiger partial charge on any atom is 0.419 e. The number of alkyl halides is 3. The van der Waals surface area contributed by atoms with E-state index in [-0.39, 0.29) is 0 Å². The number of fused-ring (bicyclic) bond motifs is 1. The lowest BCUT2D eigenvalue weighted by Gasteiger charge is -2.17. The quantitative estimate of drug-likeness (QED) is 0.617. The average molecular weight is 374 g/mol. The molecular weight excluding hydrogens is 372 g/mol. The van der Waals surface area contributed by atoms with E-state index >= 15 is 0 Å². The highest BCUT2D eigenvalue weighted by molar-refractivity contribution is 6.01. The van der Waals surface area contributed by atoms with Crippen LogP contribution in [0.5, 0.6) is 0 Å². The second-order valence-corrected chi connectivity index (χ2v) is 4.55. The highest BCUT2D eigenvalue weighted by Crippen LogP contribution is 2.43. The van der Waals surface area contributed by atoms with E-state index in [4.69, 9.17) is 10.2 Å². The Morgan fingerprint density at radius 2 is 1.04 bits per heavy atom. The van der Waals surface area contributed by atoms with Crippen molar-refractivity contribution in [3.05, 3.63) is 45.8 Å². The van der Waals surface area contributed by atoms with Crippen LogP contribution in [0.2, 0.25) is 0 Å². The molecule has 0 bridgehead atoms. The molecule has 0 heterocycles. The van der Waals surface area contributed by atoms with Gasteiger partial charge in [-0.25, -0.2) is 31.5 Å². The van der Waals surface area contributed by atoms with Crippen LogP contribution in [0.1, 0.15) is 26.3 Å². The molecule has 2 aromatic carbocycles. The molecule has 0 aliphatic carbocycles. The van der Waals surface area contributed by atoms with E-state index in [0.717, 1.165) is 0 Å². The molecule has 134 valence electrons. The third kappa shape index (κ3) is 2.53. The number of benzene rings is 2. The normalized spacial score (nSPS) is 11.8. The van der Waals surface area contributed by atoms with Crippen LogP contribution in [0.25, 0.3) is 10.8 Å². The number of rotatable bonds is 2. The lowest BCUT2D eigenvalue weighted by molar-refractivity contribution is -0.138. The van der Waals surface area contributed by atoms with Gasteiger partial charge >= 0.3 is 18.1 Å². The third-order valence-electron chi connectivity index (χ3n) is 3.16. The summed E-state index contributed by atoms with van der Waals surface area (Å²) in [5.74, 6) is -18.3. The molecule has 0 radical (unpaired) electrons. The summed E-state index contributed by atoms with van der Waals surface area (Å²) >= 11 is 0. The fourth-order valence-electron chi connectivity index (χ4n) is 2.20. The molecule has 0 aromatic heterocycles. The van der Waals surface area contributed by atoms with E-state index in [1.165, 1.54) is 0 Å². The first kappa shape index (κ1) is 18.4. The lowest BCUT2D eigenvalue weighted by atomic mass is 9.95. The molecule has 0 unspecified atom stereocenters. The Balaban J connectivity index is 3.35. The molecule has 2 aromatic rings. The van der Waals surface area contributed by atoms with Crippen LogP contribution >= 0.6 is 0 Å². The third-order valence-corrected chi connectivity index (χ3v) is 3.16. The summed E-state index contributed by atoms with van der Waals surface area (Å²) in [6.45, 7) is 0. The predicted molar refractivity (Wildman–Crippen MR) is 62.7 cm³/mol. The van der Waals surface area contributed by atoms with Crippen molar-refractivity contribution in [2.24, 2.45) is 0 Å². The second kappa shape index (κ2) is 5.57. The minimum atomic E-state index is -5.89. The topological polar surface area (TPSA) is 74.6 Å². The molecule has 0 aliphatic heterocycles. The zero-order valence-corrected chi connectivity index (χ0v) is 11.2. The van der Waals surface area contributed by atoms with Gasteiger partial charge in [0.25, 0.3) is 0 Å². The van der Waals surface area contributed by atoms with E-state index < -0.39 is 74.7 Å². The van der Waals surface area contributed by atoms with E-state index in [2.05, 4.69) is 0 Å². The molecule has 0 aliphatic rings. The first-order valence-corrected chi connectivity index (χ1v) is 5.87. The van der Waals surface area contributed by atoms with Gasteiger partial charge in [-0.1, -0.05) is 0 Å². The summed E-state index contributed by atoms with van der Waals surface area (Å²) in [6, 6.07) is 0. The summed E-state index contributed by atoms with van der Waals surface area (Å²) in [6.07, 6.45) is -5.89. The summed E-state index contributed by atoms with van der Waals surface area (Å²) in [4.78, 5) is 21.5. The molecule has 2 rings (SSSR count). The summed E-state index contributed by atoms with van der Waals surface area (Å²) in [5, 5.41) is 12.8. The molecule has 0 fully saturated rings. The molecule has 0 spiro atoms. The number of hydrogen-bond acceptors (Lipinski definition) is 2. The van der Waals surface area contributed by atoms with Gasteiger partial charge in [0, 0.05) is 5.39 Å². The molecule has 25 heavy (non-hydrogen) atoms. The van der Waals surface area contributed by atoms with Crippen molar-refractivity contribution in [3.8, 4) is 0 Å². The van der Waals surface area contributed by atoms with Crippen molar-refractivity contribution in [1.82, 2.24) is 0 Å². The van der Waals surface area contributed by atoms with E-state index in [0.29, 0.717) is 0 Å². The van der Waals surface area contributed by atoms with E-state index in [1.807, 2.05) is 0 Å². The number of carbonyl (C=O) groups is 2. The first-order chi connectivity index (χ1) is 11.3. The van der Waals surface area contributed by atoms with Crippen LogP contribution in [0, 0.1) is 29.1 Å². The summed E-state index contributed by atoms with van der Waals surface area (Å²) in [5.41, 5.74) is -7.31. The van der Waals surface area contributed by atoms with Crippen molar-refractivity contribution in [3.63, 3.8) is 0 Å². The van der Waals surface area contributed by atoms with Crippen molar-refractivity contribution >= 4 is 22.7 Å². The van der Waals surface area contributed by atoms with Crippen LogP contribution < -0.4 is 0 Å². The van der Waals surface area contributed by atoms with Crippen LogP contribution in [-0.2, 0) is 6.18 Å². The van der Waals surface area contributed by atoms with Crippen LogP contribution in [-0.4, -0.2) is 22.2 Å². The average Bonchev–Trinajstić information content (AvgIpc) is 2.42. The lowest BCUT2D eigenvalue weighted by Crippen LogP contribution is -2.19. The Bertz CT molecular complexity index is 948. The molecule has 0 atom stereocenters. The molecule has 12 heteroatoms.